The summed E-state index contributed by atoms with van der Waals surface area (Å²) < 4.78 is 42.1. The molecule has 0 aliphatic heterocycles. The molecule has 0 fully saturated rings. The first-order chi connectivity index (χ1) is 9.93. The molecular weight excluding hydrogens is 343 g/mol. The molecule has 2 rings (SSSR count). The Hall–Kier alpha value is -1.33. The van der Waals surface area contributed by atoms with Gasteiger partial charge in [0, 0.05) is 10.0 Å². The normalized spacial score (nSPS) is 12.5. The van der Waals surface area contributed by atoms with Crippen molar-refractivity contribution in [3.63, 3.8) is 0 Å². The fourth-order valence-corrected chi connectivity index (χ4v) is 2.67. The van der Waals surface area contributed by atoms with Crippen molar-refractivity contribution in [2.45, 2.75) is 19.9 Å². The number of hydrogen-bond donors (Lipinski definition) is 1. The summed E-state index contributed by atoms with van der Waals surface area (Å²) in [6.45, 7) is 3.99. The summed E-state index contributed by atoms with van der Waals surface area (Å²) in [5.41, 5.74) is 0.996. The summed E-state index contributed by atoms with van der Waals surface area (Å²) >= 11 is 3.06. The van der Waals surface area contributed by atoms with Crippen LogP contribution in [0, 0.1) is 24.4 Å². The van der Waals surface area contributed by atoms with Crippen molar-refractivity contribution < 1.29 is 13.2 Å². The maximum absolute atomic E-state index is 14.2. The van der Waals surface area contributed by atoms with E-state index in [0.29, 0.717) is 22.1 Å². The van der Waals surface area contributed by atoms with Gasteiger partial charge in [0.1, 0.15) is 17.5 Å². The zero-order valence-electron chi connectivity index (χ0n) is 11.7. The van der Waals surface area contributed by atoms with E-state index in [2.05, 4.69) is 21.2 Å². The maximum Gasteiger partial charge on any atom is 0.132 e. The van der Waals surface area contributed by atoms with E-state index < -0.39 is 17.7 Å². The van der Waals surface area contributed by atoms with E-state index in [-0.39, 0.29) is 11.4 Å². The third-order valence-corrected chi connectivity index (χ3v) is 3.71. The van der Waals surface area contributed by atoms with Crippen molar-refractivity contribution in [2.24, 2.45) is 0 Å². The number of aryl methyl sites for hydroxylation is 1. The van der Waals surface area contributed by atoms with Crippen LogP contribution in [0.15, 0.2) is 34.8 Å². The molecule has 2 aromatic rings. The first kappa shape index (κ1) is 16.0. The molecular formula is C16H15BrF3N. The molecule has 0 amide bonds. The third kappa shape index (κ3) is 3.47. The molecule has 0 aliphatic rings. The molecule has 21 heavy (non-hydrogen) atoms. The van der Waals surface area contributed by atoms with Crippen LogP contribution in [-0.2, 0) is 0 Å². The van der Waals surface area contributed by atoms with Crippen molar-refractivity contribution in [3.8, 4) is 0 Å². The average Bonchev–Trinajstić information content (AvgIpc) is 2.40. The Bertz CT molecular complexity index is 635. The fraction of sp³-hybridized carbons (Fsp3) is 0.250. The molecule has 5 heteroatoms. The molecule has 0 spiro atoms. The highest BCUT2D eigenvalue weighted by Crippen LogP contribution is 2.30. The summed E-state index contributed by atoms with van der Waals surface area (Å²) in [7, 11) is 0. The van der Waals surface area contributed by atoms with E-state index in [1.807, 2.05) is 6.92 Å². The lowest BCUT2D eigenvalue weighted by Crippen LogP contribution is -2.24. The topological polar surface area (TPSA) is 12.0 Å². The number of rotatable bonds is 4. The van der Waals surface area contributed by atoms with Crippen LogP contribution in [0.4, 0.5) is 13.2 Å². The number of benzene rings is 2. The highest BCUT2D eigenvalue weighted by atomic mass is 79.9. The Balaban J connectivity index is 2.55. The molecule has 0 aliphatic carbocycles. The molecule has 0 radical (unpaired) electrons. The van der Waals surface area contributed by atoms with Crippen molar-refractivity contribution in [1.29, 1.82) is 0 Å². The van der Waals surface area contributed by atoms with Gasteiger partial charge in [-0.1, -0.05) is 35.0 Å². The van der Waals surface area contributed by atoms with Crippen molar-refractivity contribution in [1.82, 2.24) is 5.32 Å². The fourth-order valence-electron chi connectivity index (χ4n) is 2.27. The summed E-state index contributed by atoms with van der Waals surface area (Å²) in [4.78, 5) is 0. The van der Waals surface area contributed by atoms with E-state index in [0.717, 1.165) is 0 Å². The highest BCUT2D eigenvalue weighted by molar-refractivity contribution is 9.10. The number of halogens is 4. The maximum atomic E-state index is 14.2. The predicted molar refractivity (Wildman–Crippen MR) is 80.7 cm³/mol. The summed E-state index contributed by atoms with van der Waals surface area (Å²) in [6.07, 6.45) is 0. The number of hydrogen-bond acceptors (Lipinski definition) is 1. The smallest absolute Gasteiger partial charge is 0.132 e. The molecule has 1 N–H and O–H groups in total. The van der Waals surface area contributed by atoms with Gasteiger partial charge in [0.15, 0.2) is 0 Å². The zero-order valence-corrected chi connectivity index (χ0v) is 13.3. The highest BCUT2D eigenvalue weighted by Gasteiger charge is 2.22. The van der Waals surface area contributed by atoms with Crippen LogP contribution in [0.2, 0.25) is 0 Å². The lowest BCUT2D eigenvalue weighted by molar-refractivity contribution is 0.508. The van der Waals surface area contributed by atoms with Gasteiger partial charge in [-0.3, -0.25) is 0 Å². The van der Waals surface area contributed by atoms with Gasteiger partial charge in [-0.05, 0) is 42.8 Å². The zero-order chi connectivity index (χ0) is 15.6. The van der Waals surface area contributed by atoms with Gasteiger partial charge in [-0.25, -0.2) is 13.2 Å². The van der Waals surface area contributed by atoms with E-state index in [1.54, 1.807) is 13.0 Å². The molecule has 2 aromatic carbocycles. The second-order valence-corrected chi connectivity index (χ2v) is 5.70. The van der Waals surface area contributed by atoms with Crippen LogP contribution in [0.3, 0.4) is 0 Å². The third-order valence-electron chi connectivity index (χ3n) is 3.26. The van der Waals surface area contributed by atoms with Gasteiger partial charge >= 0.3 is 0 Å². The Morgan fingerprint density at radius 1 is 1.05 bits per heavy atom. The second-order valence-electron chi connectivity index (χ2n) is 4.78. The molecule has 1 nitrogen and oxygen atoms in total. The van der Waals surface area contributed by atoms with Gasteiger partial charge in [0.2, 0.25) is 0 Å². The second kappa shape index (κ2) is 6.62. The quantitative estimate of drug-likeness (QED) is 0.822. The lowest BCUT2D eigenvalue weighted by atomic mass is 9.96. The minimum absolute atomic E-state index is 0.0638. The molecule has 112 valence electrons. The molecule has 1 atom stereocenters. The Morgan fingerprint density at radius 3 is 2.19 bits per heavy atom. The van der Waals surface area contributed by atoms with Gasteiger partial charge in [-0.2, -0.15) is 0 Å². The molecule has 0 aromatic heterocycles. The van der Waals surface area contributed by atoms with Crippen molar-refractivity contribution in [2.75, 3.05) is 6.54 Å². The van der Waals surface area contributed by atoms with Crippen LogP contribution < -0.4 is 5.32 Å². The predicted octanol–water partition coefficient (Wildman–Crippen LogP) is 4.87. The lowest BCUT2D eigenvalue weighted by Gasteiger charge is -2.21. The molecule has 1 unspecified atom stereocenters. The van der Waals surface area contributed by atoms with Crippen molar-refractivity contribution in [3.05, 3.63) is 68.9 Å². The molecule has 0 saturated carbocycles. The van der Waals surface area contributed by atoms with E-state index in [1.165, 1.54) is 24.3 Å². The molecule has 0 heterocycles. The summed E-state index contributed by atoms with van der Waals surface area (Å²) in [5.74, 6) is -1.63. The van der Waals surface area contributed by atoms with Gasteiger partial charge in [0.05, 0.1) is 6.04 Å². The van der Waals surface area contributed by atoms with Crippen LogP contribution in [0.1, 0.15) is 29.7 Å². The van der Waals surface area contributed by atoms with E-state index >= 15 is 0 Å². The summed E-state index contributed by atoms with van der Waals surface area (Å²) in [5, 5.41) is 3.05. The van der Waals surface area contributed by atoms with E-state index in [4.69, 9.17) is 0 Å². The van der Waals surface area contributed by atoms with Gasteiger partial charge in [0.25, 0.3) is 0 Å². The van der Waals surface area contributed by atoms with Gasteiger partial charge in [-0.15, -0.1) is 0 Å². The minimum Gasteiger partial charge on any atom is -0.306 e. The average molecular weight is 358 g/mol. The standard InChI is InChI=1S/C16H15BrF3N/c1-3-21-16(10-4-5-12(18)9(2)6-10)15-13(19)7-11(17)8-14(15)20/h4-8,16,21H,3H2,1-2H3. The first-order valence-corrected chi connectivity index (χ1v) is 7.37. The van der Waals surface area contributed by atoms with Crippen molar-refractivity contribution >= 4 is 15.9 Å². The van der Waals surface area contributed by atoms with Crippen LogP contribution >= 0.6 is 15.9 Å². The molecule has 0 bridgehead atoms. The van der Waals surface area contributed by atoms with Crippen LogP contribution in [0.5, 0.6) is 0 Å². The Labute approximate surface area is 130 Å². The molecule has 0 saturated heterocycles. The number of nitrogens with one attached hydrogen (secondary N) is 1. The monoisotopic (exact) mass is 357 g/mol. The SMILES string of the molecule is CCNC(c1ccc(F)c(C)c1)c1c(F)cc(Br)cc1F. The first-order valence-electron chi connectivity index (χ1n) is 6.58. The Morgan fingerprint density at radius 2 is 1.67 bits per heavy atom. The largest absolute Gasteiger partial charge is 0.306 e. The van der Waals surface area contributed by atoms with Gasteiger partial charge < -0.3 is 5.32 Å². The minimum atomic E-state index is -0.664. The van der Waals surface area contributed by atoms with Crippen LogP contribution in [0.25, 0.3) is 0 Å². The summed E-state index contributed by atoms with van der Waals surface area (Å²) in [6, 6.07) is 6.23. The van der Waals surface area contributed by atoms with E-state index in [9.17, 15) is 13.2 Å². The Kier molecular flexibility index (Phi) is 5.06. The van der Waals surface area contributed by atoms with Crippen LogP contribution in [-0.4, -0.2) is 6.54 Å².